The SMILES string of the molecule is CC1CC(C)CN(C(=O)CN2CCCC(CCN)C2)C1. The second kappa shape index (κ2) is 7.41. The van der Waals surface area contributed by atoms with Gasteiger partial charge in [-0.15, -0.1) is 0 Å². The molecule has 2 N–H and O–H groups in total. The van der Waals surface area contributed by atoms with E-state index in [4.69, 9.17) is 5.73 Å². The van der Waals surface area contributed by atoms with Crippen LogP contribution in [0, 0.1) is 17.8 Å². The fraction of sp³-hybridized carbons (Fsp3) is 0.938. The van der Waals surface area contributed by atoms with Crippen molar-refractivity contribution in [2.75, 3.05) is 39.3 Å². The van der Waals surface area contributed by atoms with E-state index in [0.717, 1.165) is 39.1 Å². The summed E-state index contributed by atoms with van der Waals surface area (Å²) in [6.45, 7) is 9.93. The molecule has 2 aliphatic rings. The first-order valence-electron chi connectivity index (χ1n) is 8.28. The van der Waals surface area contributed by atoms with Crippen LogP contribution in [0.5, 0.6) is 0 Å². The van der Waals surface area contributed by atoms with E-state index in [9.17, 15) is 4.79 Å². The summed E-state index contributed by atoms with van der Waals surface area (Å²) in [5.74, 6) is 2.32. The summed E-state index contributed by atoms with van der Waals surface area (Å²) in [7, 11) is 0. The van der Waals surface area contributed by atoms with Gasteiger partial charge in [0.15, 0.2) is 0 Å². The van der Waals surface area contributed by atoms with Crippen molar-refractivity contribution < 1.29 is 4.79 Å². The molecule has 4 heteroatoms. The largest absolute Gasteiger partial charge is 0.341 e. The molecule has 0 radical (unpaired) electrons. The van der Waals surface area contributed by atoms with Crippen molar-refractivity contribution in [1.82, 2.24) is 9.80 Å². The monoisotopic (exact) mass is 281 g/mol. The molecule has 0 aromatic heterocycles. The van der Waals surface area contributed by atoms with Crippen LogP contribution < -0.4 is 5.73 Å². The van der Waals surface area contributed by atoms with Crippen LogP contribution in [0.15, 0.2) is 0 Å². The fourth-order valence-electron chi connectivity index (χ4n) is 3.92. The predicted octanol–water partition coefficient (Wildman–Crippen LogP) is 1.55. The molecule has 0 aromatic carbocycles. The van der Waals surface area contributed by atoms with Crippen molar-refractivity contribution in [1.29, 1.82) is 0 Å². The van der Waals surface area contributed by atoms with Gasteiger partial charge in [0, 0.05) is 19.6 Å². The van der Waals surface area contributed by atoms with Gasteiger partial charge >= 0.3 is 0 Å². The standard InChI is InChI=1S/C16H31N3O/c1-13-8-14(2)10-19(9-13)16(20)12-18-7-3-4-15(11-18)5-6-17/h13-15H,3-12,17H2,1-2H3. The van der Waals surface area contributed by atoms with E-state index >= 15 is 0 Å². The van der Waals surface area contributed by atoms with Crippen LogP contribution in [-0.2, 0) is 4.79 Å². The molecule has 2 fully saturated rings. The summed E-state index contributed by atoms with van der Waals surface area (Å²) in [4.78, 5) is 16.9. The zero-order chi connectivity index (χ0) is 14.5. The molecule has 116 valence electrons. The molecule has 2 heterocycles. The normalized spacial score (nSPS) is 32.4. The molecule has 0 saturated carbocycles. The molecule has 3 unspecified atom stereocenters. The first kappa shape index (κ1) is 15.8. The Labute approximate surface area is 123 Å². The first-order valence-corrected chi connectivity index (χ1v) is 8.28. The van der Waals surface area contributed by atoms with Crippen LogP contribution in [0.4, 0.5) is 0 Å². The number of rotatable bonds is 4. The molecule has 4 nitrogen and oxygen atoms in total. The minimum Gasteiger partial charge on any atom is -0.341 e. The van der Waals surface area contributed by atoms with Crippen molar-refractivity contribution in [3.05, 3.63) is 0 Å². The number of nitrogens with two attached hydrogens (primary N) is 1. The van der Waals surface area contributed by atoms with Crippen LogP contribution in [0.3, 0.4) is 0 Å². The maximum absolute atomic E-state index is 12.5. The van der Waals surface area contributed by atoms with E-state index in [1.54, 1.807) is 0 Å². The maximum Gasteiger partial charge on any atom is 0.236 e. The summed E-state index contributed by atoms with van der Waals surface area (Å²) in [6.07, 6.45) is 4.85. The van der Waals surface area contributed by atoms with Crippen molar-refractivity contribution in [2.45, 2.75) is 39.5 Å². The lowest BCUT2D eigenvalue weighted by Gasteiger charge is -2.38. The Kier molecular flexibility index (Phi) is 5.85. The van der Waals surface area contributed by atoms with Gasteiger partial charge in [-0.3, -0.25) is 9.69 Å². The smallest absolute Gasteiger partial charge is 0.236 e. The molecule has 1 amide bonds. The average molecular weight is 281 g/mol. The lowest BCUT2D eigenvalue weighted by molar-refractivity contribution is -0.135. The zero-order valence-corrected chi connectivity index (χ0v) is 13.2. The molecule has 0 spiro atoms. The number of piperidine rings is 2. The molecule has 20 heavy (non-hydrogen) atoms. The Bertz CT molecular complexity index is 309. The summed E-state index contributed by atoms with van der Waals surface area (Å²) in [5, 5.41) is 0. The maximum atomic E-state index is 12.5. The van der Waals surface area contributed by atoms with Crippen molar-refractivity contribution in [2.24, 2.45) is 23.5 Å². The van der Waals surface area contributed by atoms with Crippen LogP contribution in [-0.4, -0.2) is 55.0 Å². The third kappa shape index (κ3) is 4.45. The lowest BCUT2D eigenvalue weighted by Crippen LogP contribution is -2.48. The summed E-state index contributed by atoms with van der Waals surface area (Å²) < 4.78 is 0. The average Bonchev–Trinajstić information content (AvgIpc) is 2.38. The number of hydrogen-bond donors (Lipinski definition) is 1. The molecule has 3 atom stereocenters. The van der Waals surface area contributed by atoms with Crippen molar-refractivity contribution in [3.8, 4) is 0 Å². The molecule has 0 aromatic rings. The molecular weight excluding hydrogens is 250 g/mol. The van der Waals surface area contributed by atoms with Gasteiger partial charge in [0.05, 0.1) is 6.54 Å². The number of likely N-dealkylation sites (tertiary alicyclic amines) is 2. The summed E-state index contributed by atoms with van der Waals surface area (Å²) in [6, 6.07) is 0. The molecular formula is C16H31N3O. The second-order valence-corrected chi connectivity index (χ2v) is 7.07. The van der Waals surface area contributed by atoms with Gasteiger partial charge in [0.25, 0.3) is 0 Å². The van der Waals surface area contributed by atoms with Gasteiger partial charge in [0.1, 0.15) is 0 Å². The van der Waals surface area contributed by atoms with E-state index in [2.05, 4.69) is 23.6 Å². The molecule has 2 saturated heterocycles. The highest BCUT2D eigenvalue weighted by Crippen LogP contribution is 2.22. The highest BCUT2D eigenvalue weighted by atomic mass is 16.2. The second-order valence-electron chi connectivity index (χ2n) is 7.07. The first-order chi connectivity index (χ1) is 9.58. The number of nitrogens with zero attached hydrogens (tertiary/aromatic N) is 2. The lowest BCUT2D eigenvalue weighted by atomic mass is 9.91. The highest BCUT2D eigenvalue weighted by Gasteiger charge is 2.27. The zero-order valence-electron chi connectivity index (χ0n) is 13.2. The third-order valence-corrected chi connectivity index (χ3v) is 4.76. The van der Waals surface area contributed by atoms with Gasteiger partial charge in [-0.25, -0.2) is 0 Å². The van der Waals surface area contributed by atoms with E-state index in [1.807, 2.05) is 0 Å². The number of carbonyl (C=O) groups is 1. The van der Waals surface area contributed by atoms with Crippen LogP contribution in [0.25, 0.3) is 0 Å². The molecule has 2 aliphatic heterocycles. The minimum atomic E-state index is 0.330. The van der Waals surface area contributed by atoms with Gasteiger partial charge in [-0.05, 0) is 56.5 Å². The summed E-state index contributed by atoms with van der Waals surface area (Å²) >= 11 is 0. The van der Waals surface area contributed by atoms with Gasteiger partial charge in [0.2, 0.25) is 5.91 Å². The topological polar surface area (TPSA) is 49.6 Å². The number of carbonyl (C=O) groups excluding carboxylic acids is 1. The quantitative estimate of drug-likeness (QED) is 0.850. The van der Waals surface area contributed by atoms with Crippen LogP contribution >= 0.6 is 0 Å². The van der Waals surface area contributed by atoms with Crippen molar-refractivity contribution in [3.63, 3.8) is 0 Å². The van der Waals surface area contributed by atoms with Crippen LogP contribution in [0.1, 0.15) is 39.5 Å². The number of hydrogen-bond acceptors (Lipinski definition) is 3. The Morgan fingerprint density at radius 1 is 1.20 bits per heavy atom. The number of amides is 1. The van der Waals surface area contributed by atoms with Gasteiger partial charge in [-0.1, -0.05) is 13.8 Å². The van der Waals surface area contributed by atoms with E-state index in [-0.39, 0.29) is 0 Å². The molecule has 2 rings (SSSR count). The molecule has 0 bridgehead atoms. The van der Waals surface area contributed by atoms with Crippen LogP contribution in [0.2, 0.25) is 0 Å². The highest BCUT2D eigenvalue weighted by molar-refractivity contribution is 5.78. The van der Waals surface area contributed by atoms with E-state index < -0.39 is 0 Å². The van der Waals surface area contributed by atoms with Crippen molar-refractivity contribution >= 4 is 5.91 Å². The van der Waals surface area contributed by atoms with E-state index in [1.165, 1.54) is 19.3 Å². The Morgan fingerprint density at radius 3 is 2.55 bits per heavy atom. The Balaban J connectivity index is 1.81. The Hall–Kier alpha value is -0.610. The molecule has 0 aliphatic carbocycles. The van der Waals surface area contributed by atoms with E-state index in [0.29, 0.717) is 30.2 Å². The van der Waals surface area contributed by atoms with Gasteiger partial charge in [-0.2, -0.15) is 0 Å². The fourth-order valence-corrected chi connectivity index (χ4v) is 3.92. The van der Waals surface area contributed by atoms with Gasteiger partial charge < -0.3 is 10.6 Å². The third-order valence-electron chi connectivity index (χ3n) is 4.76. The summed E-state index contributed by atoms with van der Waals surface area (Å²) in [5.41, 5.74) is 5.66. The predicted molar refractivity (Wildman–Crippen MR) is 82.4 cm³/mol. The Morgan fingerprint density at radius 2 is 1.90 bits per heavy atom. The minimum absolute atomic E-state index is 0.330.